The molecular formula is C18H15N5S. The molecule has 0 aliphatic rings. The molecule has 0 radical (unpaired) electrons. The predicted molar refractivity (Wildman–Crippen MR) is 95.2 cm³/mol. The first-order valence-electron chi connectivity index (χ1n) is 7.62. The normalized spacial score (nSPS) is 11.0. The van der Waals surface area contributed by atoms with E-state index in [1.807, 2.05) is 66.1 Å². The zero-order valence-electron chi connectivity index (χ0n) is 13.1. The lowest BCUT2D eigenvalue weighted by atomic mass is 10.2. The van der Waals surface area contributed by atoms with E-state index in [-0.39, 0.29) is 0 Å². The van der Waals surface area contributed by atoms with E-state index in [9.17, 15) is 0 Å². The van der Waals surface area contributed by atoms with Crippen LogP contribution in [0.3, 0.4) is 0 Å². The van der Waals surface area contributed by atoms with Gasteiger partial charge in [0, 0.05) is 11.4 Å². The number of hydrogen-bond donors (Lipinski definition) is 0. The van der Waals surface area contributed by atoms with Crippen molar-refractivity contribution in [2.75, 3.05) is 0 Å². The van der Waals surface area contributed by atoms with Crippen LogP contribution in [0.5, 0.6) is 0 Å². The molecule has 0 bridgehead atoms. The molecule has 0 saturated carbocycles. The molecule has 2 aromatic heterocycles. The molecule has 24 heavy (non-hydrogen) atoms. The number of para-hydroxylation sites is 3. The first kappa shape index (κ1) is 14.8. The molecule has 6 heteroatoms. The van der Waals surface area contributed by atoms with Gasteiger partial charge in [-0.05, 0) is 31.2 Å². The van der Waals surface area contributed by atoms with Gasteiger partial charge in [0.05, 0.1) is 22.4 Å². The maximum absolute atomic E-state index is 4.74. The summed E-state index contributed by atoms with van der Waals surface area (Å²) >= 11 is 1.61. The topological polar surface area (TPSA) is 56.5 Å². The number of thioether (sulfide) groups is 1. The number of hydrogen-bond acceptors (Lipinski definition) is 5. The fraction of sp³-hybridized carbons (Fsp3) is 0.111. The quantitative estimate of drug-likeness (QED) is 0.532. The minimum Gasteiger partial charge on any atom is -0.277 e. The van der Waals surface area contributed by atoms with Gasteiger partial charge in [0.25, 0.3) is 0 Å². The Morgan fingerprint density at radius 1 is 0.917 bits per heavy atom. The Bertz CT molecular complexity index is 981. The van der Waals surface area contributed by atoms with E-state index in [0.717, 1.165) is 33.3 Å². The maximum Gasteiger partial charge on any atom is 0.195 e. The Morgan fingerprint density at radius 3 is 2.42 bits per heavy atom. The average molecular weight is 333 g/mol. The van der Waals surface area contributed by atoms with Crippen LogP contribution < -0.4 is 0 Å². The van der Waals surface area contributed by atoms with Crippen LogP contribution in [0.15, 0.2) is 66.1 Å². The van der Waals surface area contributed by atoms with Crippen molar-refractivity contribution in [1.29, 1.82) is 0 Å². The van der Waals surface area contributed by atoms with Gasteiger partial charge in [0.1, 0.15) is 6.33 Å². The summed E-state index contributed by atoms with van der Waals surface area (Å²) in [5.74, 6) is 0.704. The SMILES string of the molecule is Cc1nc2ccccc2nc1CSc1nncn1-c1ccccc1. The van der Waals surface area contributed by atoms with E-state index in [0.29, 0.717) is 5.75 Å². The van der Waals surface area contributed by atoms with Crippen molar-refractivity contribution in [3.63, 3.8) is 0 Å². The monoisotopic (exact) mass is 333 g/mol. The van der Waals surface area contributed by atoms with E-state index in [1.165, 1.54) is 0 Å². The van der Waals surface area contributed by atoms with Crippen molar-refractivity contribution in [1.82, 2.24) is 24.7 Å². The van der Waals surface area contributed by atoms with Crippen molar-refractivity contribution in [2.45, 2.75) is 17.8 Å². The molecule has 0 fully saturated rings. The highest BCUT2D eigenvalue weighted by Crippen LogP contribution is 2.24. The number of aryl methyl sites for hydroxylation is 1. The zero-order valence-corrected chi connectivity index (χ0v) is 13.9. The van der Waals surface area contributed by atoms with Crippen molar-refractivity contribution in [2.24, 2.45) is 0 Å². The summed E-state index contributed by atoms with van der Waals surface area (Å²) in [4.78, 5) is 9.37. The number of rotatable bonds is 4. The zero-order chi connectivity index (χ0) is 16.4. The Kier molecular flexibility index (Phi) is 3.96. The van der Waals surface area contributed by atoms with Crippen LogP contribution in [-0.4, -0.2) is 24.7 Å². The number of aromatic nitrogens is 5. The molecule has 5 nitrogen and oxygen atoms in total. The van der Waals surface area contributed by atoms with Gasteiger partial charge >= 0.3 is 0 Å². The Balaban J connectivity index is 1.60. The second-order valence-corrected chi connectivity index (χ2v) is 6.29. The van der Waals surface area contributed by atoms with Gasteiger partial charge in [-0.2, -0.15) is 0 Å². The predicted octanol–water partition coefficient (Wildman–Crippen LogP) is 3.81. The molecule has 0 amide bonds. The van der Waals surface area contributed by atoms with Gasteiger partial charge in [-0.25, -0.2) is 9.97 Å². The standard InChI is InChI=1S/C18H15N5S/c1-13-17(21-16-10-6-5-9-15(16)20-13)11-24-18-22-19-12-23(18)14-7-3-2-4-8-14/h2-10,12H,11H2,1H3. The minimum absolute atomic E-state index is 0.704. The Morgan fingerprint density at radius 2 is 1.62 bits per heavy atom. The molecule has 2 aromatic carbocycles. The molecule has 0 atom stereocenters. The summed E-state index contributed by atoms with van der Waals surface area (Å²) in [6.45, 7) is 2.00. The number of fused-ring (bicyclic) bond motifs is 1. The third-order valence-electron chi connectivity index (χ3n) is 3.73. The summed E-state index contributed by atoms with van der Waals surface area (Å²) in [6.07, 6.45) is 1.73. The van der Waals surface area contributed by atoms with E-state index in [4.69, 9.17) is 4.98 Å². The van der Waals surface area contributed by atoms with Crippen LogP contribution in [0.4, 0.5) is 0 Å². The van der Waals surface area contributed by atoms with E-state index >= 15 is 0 Å². The lowest BCUT2D eigenvalue weighted by molar-refractivity contribution is 0.882. The maximum atomic E-state index is 4.74. The molecule has 0 spiro atoms. The highest BCUT2D eigenvalue weighted by Gasteiger charge is 2.10. The summed E-state index contributed by atoms with van der Waals surface area (Å²) in [6, 6.07) is 18.0. The summed E-state index contributed by atoms with van der Waals surface area (Å²) in [5, 5.41) is 9.11. The van der Waals surface area contributed by atoms with Crippen molar-refractivity contribution in [3.8, 4) is 5.69 Å². The fourth-order valence-corrected chi connectivity index (χ4v) is 3.42. The smallest absolute Gasteiger partial charge is 0.195 e. The van der Waals surface area contributed by atoms with E-state index in [1.54, 1.807) is 18.1 Å². The molecule has 0 aliphatic carbocycles. The van der Waals surface area contributed by atoms with Crippen LogP contribution in [0, 0.1) is 6.92 Å². The highest BCUT2D eigenvalue weighted by molar-refractivity contribution is 7.98. The molecule has 118 valence electrons. The largest absolute Gasteiger partial charge is 0.277 e. The van der Waals surface area contributed by atoms with E-state index < -0.39 is 0 Å². The average Bonchev–Trinajstić information content (AvgIpc) is 3.09. The van der Waals surface area contributed by atoms with Crippen LogP contribution in [0.2, 0.25) is 0 Å². The lowest BCUT2D eigenvalue weighted by Crippen LogP contribution is -1.99. The third kappa shape index (κ3) is 2.88. The van der Waals surface area contributed by atoms with Gasteiger partial charge in [0.2, 0.25) is 0 Å². The first-order chi connectivity index (χ1) is 11.8. The van der Waals surface area contributed by atoms with Crippen LogP contribution in [0.25, 0.3) is 16.7 Å². The summed E-state index contributed by atoms with van der Waals surface area (Å²) < 4.78 is 1.98. The Labute approximate surface area is 143 Å². The minimum atomic E-state index is 0.704. The fourth-order valence-electron chi connectivity index (χ4n) is 2.48. The molecule has 4 aromatic rings. The van der Waals surface area contributed by atoms with Gasteiger partial charge in [-0.1, -0.05) is 42.1 Å². The molecular weight excluding hydrogens is 318 g/mol. The first-order valence-corrected chi connectivity index (χ1v) is 8.60. The van der Waals surface area contributed by atoms with E-state index in [2.05, 4.69) is 15.2 Å². The van der Waals surface area contributed by atoms with Crippen LogP contribution in [0.1, 0.15) is 11.4 Å². The number of nitrogens with zero attached hydrogens (tertiary/aromatic N) is 5. The second-order valence-electron chi connectivity index (χ2n) is 5.35. The van der Waals surface area contributed by atoms with Gasteiger partial charge in [-0.15, -0.1) is 10.2 Å². The molecule has 0 unspecified atom stereocenters. The second kappa shape index (κ2) is 6.41. The third-order valence-corrected chi connectivity index (χ3v) is 4.69. The molecule has 4 rings (SSSR count). The van der Waals surface area contributed by atoms with Gasteiger partial charge < -0.3 is 0 Å². The van der Waals surface area contributed by atoms with Crippen LogP contribution >= 0.6 is 11.8 Å². The molecule has 0 saturated heterocycles. The van der Waals surface area contributed by atoms with Gasteiger partial charge in [0.15, 0.2) is 5.16 Å². The summed E-state index contributed by atoms with van der Waals surface area (Å²) in [7, 11) is 0. The molecule has 0 aliphatic heterocycles. The van der Waals surface area contributed by atoms with Gasteiger partial charge in [-0.3, -0.25) is 4.57 Å². The van der Waals surface area contributed by atoms with Crippen molar-refractivity contribution in [3.05, 3.63) is 72.3 Å². The highest BCUT2D eigenvalue weighted by atomic mass is 32.2. The Hall–Kier alpha value is -2.73. The van der Waals surface area contributed by atoms with Crippen molar-refractivity contribution >= 4 is 22.8 Å². The molecule has 2 heterocycles. The van der Waals surface area contributed by atoms with Crippen molar-refractivity contribution < 1.29 is 0 Å². The lowest BCUT2D eigenvalue weighted by Gasteiger charge is -2.08. The number of benzene rings is 2. The van der Waals surface area contributed by atoms with Crippen LogP contribution in [-0.2, 0) is 5.75 Å². The molecule has 0 N–H and O–H groups in total. The summed E-state index contributed by atoms with van der Waals surface area (Å²) in [5.41, 5.74) is 4.82.